The molecule has 1 aromatic heterocycles. The second kappa shape index (κ2) is 5.56. The molecule has 1 aromatic rings. The van der Waals surface area contributed by atoms with E-state index in [9.17, 15) is 4.79 Å². The minimum absolute atomic E-state index is 0.303. The highest BCUT2D eigenvalue weighted by atomic mass is 35.5. The monoisotopic (exact) mass is 294 g/mol. The summed E-state index contributed by atoms with van der Waals surface area (Å²) < 4.78 is 0. The Morgan fingerprint density at radius 1 is 1.25 bits per heavy atom. The lowest BCUT2D eigenvalue weighted by Crippen LogP contribution is -2.46. The summed E-state index contributed by atoms with van der Waals surface area (Å²) in [6, 6.07) is 0.353. The van der Waals surface area contributed by atoms with Crippen LogP contribution in [0, 0.1) is 5.92 Å². The summed E-state index contributed by atoms with van der Waals surface area (Å²) in [7, 11) is 1.94. The molecule has 2 heterocycles. The van der Waals surface area contributed by atoms with Gasteiger partial charge in [-0.05, 0) is 25.7 Å². The third-order valence-corrected chi connectivity index (χ3v) is 4.37. The Hall–Kier alpha value is -1.36. The summed E-state index contributed by atoms with van der Waals surface area (Å²) in [4.78, 5) is 24.7. The van der Waals surface area contributed by atoms with Crippen molar-refractivity contribution in [2.45, 2.75) is 31.7 Å². The summed E-state index contributed by atoms with van der Waals surface area (Å²) in [5.74, 6) is 1.35. The number of rotatable bonds is 3. The largest absolute Gasteiger partial charge is 0.342 e. The predicted molar refractivity (Wildman–Crippen MR) is 77.8 cm³/mol. The average Bonchev–Trinajstić information content (AvgIpc) is 3.31. The van der Waals surface area contributed by atoms with Crippen LogP contribution in [0.4, 0.5) is 5.95 Å². The molecule has 1 amide bonds. The molecule has 108 valence electrons. The topological polar surface area (TPSA) is 49.3 Å². The second-order valence-corrected chi connectivity index (χ2v) is 6.08. The Morgan fingerprint density at radius 2 is 1.85 bits per heavy atom. The van der Waals surface area contributed by atoms with E-state index in [1.165, 1.54) is 0 Å². The van der Waals surface area contributed by atoms with E-state index in [4.69, 9.17) is 11.6 Å². The third kappa shape index (κ3) is 2.87. The van der Waals surface area contributed by atoms with Gasteiger partial charge in [0.05, 0.1) is 17.4 Å². The van der Waals surface area contributed by atoms with Crippen LogP contribution < -0.4 is 4.90 Å². The number of nitrogens with zero attached hydrogens (tertiary/aromatic N) is 4. The number of anilines is 1. The Morgan fingerprint density at radius 3 is 2.40 bits per heavy atom. The molecular weight excluding hydrogens is 276 g/mol. The number of hydrogen-bond acceptors (Lipinski definition) is 4. The Labute approximate surface area is 123 Å². The van der Waals surface area contributed by atoms with Gasteiger partial charge in [0, 0.05) is 32.1 Å². The van der Waals surface area contributed by atoms with Crippen molar-refractivity contribution < 1.29 is 4.79 Å². The molecular formula is C14H19ClN4O. The lowest BCUT2D eigenvalue weighted by molar-refractivity contribution is -0.133. The minimum Gasteiger partial charge on any atom is -0.342 e. The molecule has 3 rings (SSSR count). The summed E-state index contributed by atoms with van der Waals surface area (Å²) in [5, 5.41) is 0.554. The van der Waals surface area contributed by atoms with Gasteiger partial charge in [-0.15, -0.1) is 0 Å². The Kier molecular flexibility index (Phi) is 3.78. The molecule has 1 saturated heterocycles. The highest BCUT2D eigenvalue weighted by Gasteiger charge is 2.35. The van der Waals surface area contributed by atoms with Gasteiger partial charge >= 0.3 is 0 Å². The molecule has 0 radical (unpaired) electrons. The fourth-order valence-corrected chi connectivity index (χ4v) is 2.82. The molecule has 0 unspecified atom stereocenters. The van der Waals surface area contributed by atoms with Crippen LogP contribution in [-0.2, 0) is 4.79 Å². The molecule has 0 N–H and O–H groups in total. The lowest BCUT2D eigenvalue weighted by atomic mass is 10.0. The Balaban J connectivity index is 1.56. The molecule has 0 aromatic carbocycles. The first-order chi connectivity index (χ1) is 9.65. The quantitative estimate of drug-likeness (QED) is 0.855. The van der Waals surface area contributed by atoms with Crippen molar-refractivity contribution in [3.05, 3.63) is 17.4 Å². The SMILES string of the molecule is CN(C(=O)C1CC1)C1CCN(c2ncc(Cl)cn2)CC1. The molecule has 0 atom stereocenters. The van der Waals surface area contributed by atoms with E-state index >= 15 is 0 Å². The molecule has 6 heteroatoms. The lowest BCUT2D eigenvalue weighted by Gasteiger charge is -2.36. The molecule has 1 aliphatic heterocycles. The predicted octanol–water partition coefficient (Wildman–Crippen LogP) is 1.97. The van der Waals surface area contributed by atoms with Gasteiger partial charge in [-0.25, -0.2) is 9.97 Å². The molecule has 5 nitrogen and oxygen atoms in total. The maximum absolute atomic E-state index is 12.1. The summed E-state index contributed by atoms with van der Waals surface area (Å²) >= 11 is 5.80. The van der Waals surface area contributed by atoms with E-state index in [1.54, 1.807) is 12.4 Å². The van der Waals surface area contributed by atoms with Gasteiger partial charge in [0.25, 0.3) is 0 Å². The maximum Gasteiger partial charge on any atom is 0.225 e. The number of piperidine rings is 1. The van der Waals surface area contributed by atoms with Crippen LogP contribution in [0.25, 0.3) is 0 Å². The first-order valence-electron chi connectivity index (χ1n) is 7.14. The van der Waals surface area contributed by atoms with Gasteiger partial charge in [-0.3, -0.25) is 4.79 Å². The van der Waals surface area contributed by atoms with Gasteiger partial charge in [-0.2, -0.15) is 0 Å². The number of hydrogen-bond donors (Lipinski definition) is 0. The van der Waals surface area contributed by atoms with Crippen LogP contribution in [0.2, 0.25) is 5.02 Å². The maximum atomic E-state index is 12.1. The molecule has 20 heavy (non-hydrogen) atoms. The molecule has 2 aliphatic rings. The molecule has 1 aliphatic carbocycles. The molecule has 0 bridgehead atoms. The van der Waals surface area contributed by atoms with Crippen molar-refractivity contribution in [3.63, 3.8) is 0 Å². The van der Waals surface area contributed by atoms with Crippen LogP contribution in [0.15, 0.2) is 12.4 Å². The zero-order valence-corrected chi connectivity index (χ0v) is 12.4. The van der Waals surface area contributed by atoms with E-state index in [1.807, 2.05) is 11.9 Å². The van der Waals surface area contributed by atoms with E-state index in [-0.39, 0.29) is 0 Å². The van der Waals surface area contributed by atoms with Gasteiger partial charge in [-0.1, -0.05) is 11.6 Å². The summed E-state index contributed by atoms with van der Waals surface area (Å²) in [5.41, 5.74) is 0. The highest BCUT2D eigenvalue weighted by Crippen LogP contribution is 2.32. The van der Waals surface area contributed by atoms with Crippen LogP contribution in [0.5, 0.6) is 0 Å². The zero-order chi connectivity index (χ0) is 14.1. The van der Waals surface area contributed by atoms with Crippen molar-refractivity contribution in [1.82, 2.24) is 14.9 Å². The fraction of sp³-hybridized carbons (Fsp3) is 0.643. The fourth-order valence-electron chi connectivity index (χ4n) is 2.72. The first-order valence-corrected chi connectivity index (χ1v) is 7.52. The van der Waals surface area contributed by atoms with E-state index in [2.05, 4.69) is 14.9 Å². The van der Waals surface area contributed by atoms with Crippen molar-refractivity contribution >= 4 is 23.5 Å². The standard InChI is InChI=1S/C14H19ClN4O/c1-18(13(20)10-2-3-10)12-4-6-19(7-5-12)14-16-8-11(15)9-17-14/h8-10,12H,2-7H2,1H3. The van der Waals surface area contributed by atoms with Crippen molar-refractivity contribution in [2.75, 3.05) is 25.0 Å². The number of aromatic nitrogens is 2. The molecule has 0 spiro atoms. The van der Waals surface area contributed by atoms with E-state index < -0.39 is 0 Å². The smallest absolute Gasteiger partial charge is 0.225 e. The first kappa shape index (κ1) is 13.6. The van der Waals surface area contributed by atoms with E-state index in [0.717, 1.165) is 44.7 Å². The minimum atomic E-state index is 0.303. The number of carbonyl (C=O) groups is 1. The highest BCUT2D eigenvalue weighted by molar-refractivity contribution is 6.30. The number of carbonyl (C=O) groups excluding carboxylic acids is 1. The van der Waals surface area contributed by atoms with Crippen LogP contribution in [-0.4, -0.2) is 47.0 Å². The van der Waals surface area contributed by atoms with Crippen molar-refractivity contribution in [1.29, 1.82) is 0 Å². The van der Waals surface area contributed by atoms with Crippen LogP contribution in [0.3, 0.4) is 0 Å². The van der Waals surface area contributed by atoms with Crippen molar-refractivity contribution in [3.8, 4) is 0 Å². The van der Waals surface area contributed by atoms with Gasteiger partial charge in [0.1, 0.15) is 0 Å². The summed E-state index contributed by atoms with van der Waals surface area (Å²) in [6.07, 6.45) is 7.33. The number of amides is 1. The third-order valence-electron chi connectivity index (χ3n) is 4.18. The average molecular weight is 295 g/mol. The van der Waals surface area contributed by atoms with Crippen LogP contribution in [0.1, 0.15) is 25.7 Å². The molecule has 1 saturated carbocycles. The van der Waals surface area contributed by atoms with Gasteiger partial charge < -0.3 is 9.80 Å². The van der Waals surface area contributed by atoms with Crippen molar-refractivity contribution in [2.24, 2.45) is 5.92 Å². The number of halogens is 1. The van der Waals surface area contributed by atoms with E-state index in [0.29, 0.717) is 22.9 Å². The molecule has 2 fully saturated rings. The Bertz CT molecular complexity index is 480. The second-order valence-electron chi connectivity index (χ2n) is 5.64. The zero-order valence-electron chi connectivity index (χ0n) is 11.6. The van der Waals surface area contributed by atoms with Crippen LogP contribution >= 0.6 is 11.6 Å². The normalized spacial score (nSPS) is 20.0. The summed E-state index contributed by atoms with van der Waals surface area (Å²) in [6.45, 7) is 1.77. The van der Waals surface area contributed by atoms with Gasteiger partial charge in [0.2, 0.25) is 11.9 Å². The van der Waals surface area contributed by atoms with Gasteiger partial charge in [0.15, 0.2) is 0 Å².